The maximum atomic E-state index is 11.0. The van der Waals surface area contributed by atoms with E-state index in [2.05, 4.69) is 19.9 Å². The lowest BCUT2D eigenvalue weighted by Gasteiger charge is -2.60. The lowest BCUT2D eigenvalue weighted by molar-refractivity contribution is -0.143. The van der Waals surface area contributed by atoms with Gasteiger partial charge in [0.15, 0.2) is 5.60 Å². The van der Waals surface area contributed by atoms with Crippen LogP contribution in [0.2, 0.25) is 0 Å². The molecule has 4 fully saturated rings. The Bertz CT molecular complexity index is 766. The van der Waals surface area contributed by atoms with Crippen LogP contribution in [0.1, 0.15) is 72.6 Å². The van der Waals surface area contributed by atoms with Gasteiger partial charge in [0.2, 0.25) is 0 Å². The van der Waals surface area contributed by atoms with Crippen LogP contribution < -0.4 is 0 Å². The molecule has 5 unspecified atom stereocenters. The first kappa shape index (κ1) is 17.1. The van der Waals surface area contributed by atoms with Crippen molar-refractivity contribution in [3.05, 3.63) is 11.3 Å². The number of hydrogen-bond donors (Lipinski definition) is 2. The molecular weight excluding hydrogens is 326 g/mol. The van der Waals surface area contributed by atoms with Gasteiger partial charge in [-0.25, -0.2) is 0 Å². The summed E-state index contributed by atoms with van der Waals surface area (Å²) in [5.74, 6) is 1.83. The average molecular weight is 357 g/mol. The lowest BCUT2D eigenvalue weighted by atomic mass is 9.43. The van der Waals surface area contributed by atoms with Crippen molar-refractivity contribution in [3.8, 4) is 6.07 Å². The molecule has 5 rings (SSSR count). The molecule has 0 amide bonds. The summed E-state index contributed by atoms with van der Waals surface area (Å²) in [5, 5.41) is 31.3. The Hall–Kier alpha value is -1.05. The molecule has 0 aromatic rings. The normalized spacial score (nSPS) is 60.4. The van der Waals surface area contributed by atoms with E-state index >= 15 is 0 Å². The van der Waals surface area contributed by atoms with Crippen LogP contribution in [0.25, 0.3) is 0 Å². The number of aliphatic hydroxyl groups is 2. The zero-order chi connectivity index (χ0) is 18.8. The van der Waals surface area contributed by atoms with E-state index in [0.29, 0.717) is 29.7 Å². The van der Waals surface area contributed by atoms with Gasteiger partial charge in [-0.2, -0.15) is 5.26 Å². The van der Waals surface area contributed by atoms with Gasteiger partial charge in [0, 0.05) is 5.41 Å². The molecule has 0 radical (unpaired) electrons. The highest BCUT2D eigenvalue weighted by Crippen LogP contribution is 2.77. The van der Waals surface area contributed by atoms with Crippen LogP contribution >= 0.6 is 0 Å². The van der Waals surface area contributed by atoms with E-state index in [1.165, 1.54) is 0 Å². The fraction of sp³-hybridized carbons (Fsp3) is 0.864. The largest absolute Gasteiger partial charge is 0.508 e. The number of ether oxygens (including phenoxy) is 1. The van der Waals surface area contributed by atoms with Crippen molar-refractivity contribution in [1.29, 1.82) is 5.26 Å². The smallest absolute Gasteiger partial charge is 0.153 e. The van der Waals surface area contributed by atoms with Gasteiger partial charge in [0.05, 0.1) is 17.2 Å². The third kappa shape index (κ3) is 1.53. The van der Waals surface area contributed by atoms with Crippen LogP contribution in [-0.4, -0.2) is 27.0 Å². The third-order valence-electron chi connectivity index (χ3n) is 10.1. The number of aliphatic hydroxyl groups excluding tert-OH is 1. The number of nitrogens with zero attached hydrogens (tertiary/aromatic N) is 1. The van der Waals surface area contributed by atoms with Crippen LogP contribution in [-0.2, 0) is 4.74 Å². The molecule has 0 aromatic carbocycles. The first-order valence-corrected chi connectivity index (χ1v) is 10.3. The van der Waals surface area contributed by atoms with Gasteiger partial charge in [0.25, 0.3) is 0 Å². The highest BCUT2D eigenvalue weighted by atomic mass is 16.6. The standard InChI is InChI=1S/C22H31NO3/c1-18-8-6-16-14(15(18)7-9-20(18,3)25)5-10-22-19(16,2)11-13(12-23)17(24)21(22,4)26-22/h14-16,24-25H,5-11H2,1-4H3/t14?,15?,16?,18?,19?,20-,21+,22-/m0/s1. The summed E-state index contributed by atoms with van der Waals surface area (Å²) in [5.41, 5.74) is -1.11. The zero-order valence-electron chi connectivity index (χ0n) is 16.4. The van der Waals surface area contributed by atoms with Crippen molar-refractivity contribution in [3.63, 3.8) is 0 Å². The third-order valence-corrected chi connectivity index (χ3v) is 10.1. The summed E-state index contributed by atoms with van der Waals surface area (Å²) in [6.45, 7) is 8.63. The van der Waals surface area contributed by atoms with E-state index in [1.807, 2.05) is 13.8 Å². The van der Waals surface area contributed by atoms with Gasteiger partial charge in [-0.1, -0.05) is 13.8 Å². The Morgan fingerprint density at radius 3 is 2.35 bits per heavy atom. The maximum absolute atomic E-state index is 11.0. The molecule has 1 heterocycles. The Morgan fingerprint density at radius 2 is 1.65 bits per heavy atom. The van der Waals surface area contributed by atoms with E-state index in [0.717, 1.165) is 38.5 Å². The molecule has 142 valence electrons. The highest BCUT2D eigenvalue weighted by molar-refractivity contribution is 5.46. The van der Waals surface area contributed by atoms with Crippen molar-refractivity contribution in [2.75, 3.05) is 0 Å². The van der Waals surface area contributed by atoms with Crippen molar-refractivity contribution < 1.29 is 14.9 Å². The quantitative estimate of drug-likeness (QED) is 0.636. The Labute approximate surface area is 156 Å². The molecule has 4 heteroatoms. The van der Waals surface area contributed by atoms with Crippen LogP contribution in [0.15, 0.2) is 11.3 Å². The molecule has 1 aliphatic heterocycles. The summed E-state index contributed by atoms with van der Waals surface area (Å²) in [7, 11) is 0. The molecule has 1 spiro atoms. The minimum Gasteiger partial charge on any atom is -0.508 e. The van der Waals surface area contributed by atoms with Crippen molar-refractivity contribution in [2.45, 2.75) is 89.4 Å². The molecule has 0 aromatic heterocycles. The number of allylic oxidation sites excluding steroid dienone is 1. The van der Waals surface area contributed by atoms with E-state index in [9.17, 15) is 15.5 Å². The molecule has 5 aliphatic rings. The van der Waals surface area contributed by atoms with Crippen molar-refractivity contribution in [2.24, 2.45) is 28.6 Å². The van der Waals surface area contributed by atoms with E-state index < -0.39 is 11.2 Å². The summed E-state index contributed by atoms with van der Waals surface area (Å²) >= 11 is 0. The summed E-state index contributed by atoms with van der Waals surface area (Å²) in [4.78, 5) is 0. The average Bonchev–Trinajstić information content (AvgIpc) is 3.14. The van der Waals surface area contributed by atoms with E-state index in [1.54, 1.807) is 0 Å². The second-order valence-electron chi connectivity index (χ2n) is 10.7. The van der Waals surface area contributed by atoms with Gasteiger partial charge in [-0.15, -0.1) is 0 Å². The van der Waals surface area contributed by atoms with Gasteiger partial charge in [-0.05, 0) is 82.0 Å². The Kier molecular flexibility index (Phi) is 2.95. The Morgan fingerprint density at radius 1 is 1.00 bits per heavy atom. The van der Waals surface area contributed by atoms with Crippen molar-refractivity contribution in [1.82, 2.24) is 0 Å². The fourth-order valence-corrected chi connectivity index (χ4v) is 8.30. The van der Waals surface area contributed by atoms with Crippen LogP contribution in [0.5, 0.6) is 0 Å². The van der Waals surface area contributed by atoms with Crippen LogP contribution in [0, 0.1) is 39.9 Å². The maximum Gasteiger partial charge on any atom is 0.153 e. The topological polar surface area (TPSA) is 76.8 Å². The molecular formula is C22H31NO3. The first-order valence-electron chi connectivity index (χ1n) is 10.3. The number of rotatable bonds is 0. The molecule has 8 atom stereocenters. The van der Waals surface area contributed by atoms with Crippen molar-refractivity contribution >= 4 is 0 Å². The Balaban J connectivity index is 1.57. The van der Waals surface area contributed by atoms with Gasteiger partial charge in [0.1, 0.15) is 11.4 Å². The SMILES string of the molecule is CC12CCC3C(CC[C@@]45O[C@]4(C)C(O)=C(C#N)CC35C)C1CC[C@]2(C)O. The molecule has 0 bridgehead atoms. The zero-order valence-corrected chi connectivity index (χ0v) is 16.4. The summed E-state index contributed by atoms with van der Waals surface area (Å²) in [6.07, 6.45) is 6.85. The lowest BCUT2D eigenvalue weighted by Crippen LogP contribution is -2.60. The molecule has 3 saturated carbocycles. The van der Waals surface area contributed by atoms with Crippen LogP contribution in [0.3, 0.4) is 0 Å². The highest BCUT2D eigenvalue weighted by Gasteiger charge is 2.82. The molecule has 4 nitrogen and oxygen atoms in total. The molecule has 1 saturated heterocycles. The number of epoxide rings is 1. The first-order chi connectivity index (χ1) is 12.1. The minimum atomic E-state index is -0.669. The molecule has 2 N–H and O–H groups in total. The molecule has 4 aliphatic carbocycles. The van der Waals surface area contributed by atoms with Gasteiger partial charge < -0.3 is 14.9 Å². The molecule has 26 heavy (non-hydrogen) atoms. The monoisotopic (exact) mass is 357 g/mol. The fourth-order valence-electron chi connectivity index (χ4n) is 8.30. The minimum absolute atomic E-state index is 0.00739. The number of hydrogen-bond acceptors (Lipinski definition) is 4. The van der Waals surface area contributed by atoms with Gasteiger partial charge >= 0.3 is 0 Å². The van der Waals surface area contributed by atoms with E-state index in [4.69, 9.17) is 4.74 Å². The van der Waals surface area contributed by atoms with Gasteiger partial charge in [-0.3, -0.25) is 0 Å². The number of fused-ring (bicyclic) bond motifs is 4. The second kappa shape index (κ2) is 4.50. The summed E-state index contributed by atoms with van der Waals surface area (Å²) in [6, 6.07) is 2.26. The van der Waals surface area contributed by atoms with Crippen LogP contribution in [0.4, 0.5) is 0 Å². The summed E-state index contributed by atoms with van der Waals surface area (Å²) < 4.78 is 6.32. The number of nitriles is 1. The second-order valence-corrected chi connectivity index (χ2v) is 10.7. The predicted molar refractivity (Wildman–Crippen MR) is 97.1 cm³/mol. The predicted octanol–water partition coefficient (Wildman–Crippen LogP) is 4.25. The van der Waals surface area contributed by atoms with E-state index in [-0.39, 0.29) is 22.2 Å².